The van der Waals surface area contributed by atoms with Crippen molar-refractivity contribution in [3.8, 4) is 0 Å². The van der Waals surface area contributed by atoms with Crippen molar-refractivity contribution < 1.29 is 0 Å². The van der Waals surface area contributed by atoms with Crippen molar-refractivity contribution in [1.29, 1.82) is 0 Å². The number of fused-ring (bicyclic) bond motifs is 1. The van der Waals surface area contributed by atoms with E-state index in [0.717, 1.165) is 28.3 Å². The second-order valence-electron chi connectivity index (χ2n) is 5.01. The van der Waals surface area contributed by atoms with E-state index in [-0.39, 0.29) is 0 Å². The lowest BCUT2D eigenvalue weighted by atomic mass is 10.2. The third-order valence-corrected chi connectivity index (χ3v) is 4.30. The van der Waals surface area contributed by atoms with Crippen LogP contribution in [0.4, 0.5) is 5.69 Å². The average Bonchev–Trinajstić information content (AvgIpc) is 2.82. The number of anilines is 1. The van der Waals surface area contributed by atoms with Gasteiger partial charge in [-0.05, 0) is 49.2 Å². The number of hydrogen-bond donors (Lipinski definition) is 1. The lowest BCUT2D eigenvalue weighted by molar-refractivity contribution is 1.15. The van der Waals surface area contributed by atoms with Gasteiger partial charge in [0.1, 0.15) is 5.65 Å². The SMILES string of the molecule is Cc1ccc2nc(CSc3ccc(N)c(C)c3)cn2c1. The van der Waals surface area contributed by atoms with E-state index in [1.54, 1.807) is 11.8 Å². The summed E-state index contributed by atoms with van der Waals surface area (Å²) in [6.45, 7) is 4.12. The van der Waals surface area contributed by atoms with Crippen LogP contribution in [0.3, 0.4) is 0 Å². The molecule has 2 aromatic heterocycles. The molecule has 2 heterocycles. The third kappa shape index (κ3) is 2.65. The summed E-state index contributed by atoms with van der Waals surface area (Å²) in [7, 11) is 0. The zero-order chi connectivity index (χ0) is 14.1. The molecule has 102 valence electrons. The van der Waals surface area contributed by atoms with Crippen molar-refractivity contribution in [2.24, 2.45) is 0 Å². The van der Waals surface area contributed by atoms with E-state index < -0.39 is 0 Å². The second kappa shape index (κ2) is 5.21. The van der Waals surface area contributed by atoms with Crippen LogP contribution in [0.1, 0.15) is 16.8 Å². The molecule has 20 heavy (non-hydrogen) atoms. The Hall–Kier alpha value is -1.94. The Morgan fingerprint density at radius 1 is 1.15 bits per heavy atom. The summed E-state index contributed by atoms with van der Waals surface area (Å²) in [6.07, 6.45) is 4.20. The van der Waals surface area contributed by atoms with Gasteiger partial charge >= 0.3 is 0 Å². The standard InChI is InChI=1S/C16H17N3S/c1-11-3-6-16-18-13(9-19(16)8-11)10-20-14-4-5-15(17)12(2)7-14/h3-9H,10,17H2,1-2H3. The van der Waals surface area contributed by atoms with Crippen LogP contribution in [-0.4, -0.2) is 9.38 Å². The molecule has 2 N–H and O–H groups in total. The summed E-state index contributed by atoms with van der Waals surface area (Å²) in [5, 5.41) is 0. The highest BCUT2D eigenvalue weighted by molar-refractivity contribution is 7.98. The molecule has 0 fully saturated rings. The molecule has 0 bridgehead atoms. The first-order valence-corrected chi connectivity index (χ1v) is 7.53. The summed E-state index contributed by atoms with van der Waals surface area (Å²) in [5.74, 6) is 0.865. The predicted molar refractivity (Wildman–Crippen MR) is 85.1 cm³/mol. The number of thioether (sulfide) groups is 1. The van der Waals surface area contributed by atoms with Gasteiger partial charge in [-0.2, -0.15) is 0 Å². The first-order chi connectivity index (χ1) is 9.61. The number of nitrogens with two attached hydrogens (primary N) is 1. The minimum Gasteiger partial charge on any atom is -0.399 e. The maximum atomic E-state index is 5.84. The number of hydrogen-bond acceptors (Lipinski definition) is 3. The predicted octanol–water partition coefficient (Wildman–Crippen LogP) is 3.83. The molecule has 0 atom stereocenters. The van der Waals surface area contributed by atoms with Crippen LogP contribution >= 0.6 is 11.8 Å². The van der Waals surface area contributed by atoms with E-state index in [1.807, 2.05) is 13.0 Å². The van der Waals surface area contributed by atoms with Crippen molar-refractivity contribution in [2.45, 2.75) is 24.5 Å². The first kappa shape index (κ1) is 13.1. The van der Waals surface area contributed by atoms with Gasteiger partial charge in [0.25, 0.3) is 0 Å². The van der Waals surface area contributed by atoms with Crippen molar-refractivity contribution in [3.63, 3.8) is 0 Å². The molecule has 0 unspecified atom stereocenters. The highest BCUT2D eigenvalue weighted by atomic mass is 32.2. The Morgan fingerprint density at radius 3 is 2.80 bits per heavy atom. The second-order valence-corrected chi connectivity index (χ2v) is 6.06. The molecule has 0 saturated carbocycles. The largest absolute Gasteiger partial charge is 0.399 e. The van der Waals surface area contributed by atoms with Crippen molar-refractivity contribution in [2.75, 3.05) is 5.73 Å². The molecule has 1 aromatic carbocycles. The van der Waals surface area contributed by atoms with Gasteiger partial charge in [-0.1, -0.05) is 6.07 Å². The van der Waals surface area contributed by atoms with E-state index >= 15 is 0 Å². The Bertz CT molecular complexity index is 762. The number of benzene rings is 1. The average molecular weight is 283 g/mol. The van der Waals surface area contributed by atoms with Crippen LogP contribution in [0.25, 0.3) is 5.65 Å². The maximum Gasteiger partial charge on any atom is 0.137 e. The van der Waals surface area contributed by atoms with Gasteiger partial charge in [-0.15, -0.1) is 11.8 Å². The third-order valence-electron chi connectivity index (χ3n) is 3.28. The van der Waals surface area contributed by atoms with Gasteiger partial charge in [-0.3, -0.25) is 0 Å². The summed E-state index contributed by atoms with van der Waals surface area (Å²) in [6, 6.07) is 10.3. The van der Waals surface area contributed by atoms with Crippen molar-refractivity contribution >= 4 is 23.1 Å². The Balaban J connectivity index is 1.77. The van der Waals surface area contributed by atoms with Crippen LogP contribution in [-0.2, 0) is 5.75 Å². The van der Waals surface area contributed by atoms with E-state index in [1.165, 1.54) is 10.5 Å². The molecule has 0 aliphatic carbocycles. The summed E-state index contributed by atoms with van der Waals surface area (Å²) in [4.78, 5) is 5.85. The van der Waals surface area contributed by atoms with Gasteiger partial charge in [0, 0.05) is 28.7 Å². The molecule has 0 aliphatic heterocycles. The molecular formula is C16H17N3S. The normalized spacial score (nSPS) is 11.1. The number of aromatic nitrogens is 2. The minimum atomic E-state index is 0.845. The minimum absolute atomic E-state index is 0.845. The summed E-state index contributed by atoms with van der Waals surface area (Å²) < 4.78 is 2.08. The van der Waals surface area contributed by atoms with E-state index in [2.05, 4.69) is 53.0 Å². The quantitative estimate of drug-likeness (QED) is 0.587. The smallest absolute Gasteiger partial charge is 0.137 e. The summed E-state index contributed by atoms with van der Waals surface area (Å²) >= 11 is 1.78. The van der Waals surface area contributed by atoms with E-state index in [9.17, 15) is 0 Å². The van der Waals surface area contributed by atoms with Crippen molar-refractivity contribution in [1.82, 2.24) is 9.38 Å². The van der Waals surface area contributed by atoms with Crippen LogP contribution in [0.2, 0.25) is 0 Å². The molecule has 0 saturated heterocycles. The number of nitrogens with zero attached hydrogens (tertiary/aromatic N) is 2. The molecule has 3 aromatic rings. The maximum absolute atomic E-state index is 5.84. The number of pyridine rings is 1. The van der Waals surface area contributed by atoms with Crippen LogP contribution < -0.4 is 5.73 Å². The number of rotatable bonds is 3. The molecule has 3 rings (SSSR count). The van der Waals surface area contributed by atoms with Gasteiger partial charge in [-0.25, -0.2) is 4.98 Å². The highest BCUT2D eigenvalue weighted by Crippen LogP contribution is 2.25. The fourth-order valence-electron chi connectivity index (χ4n) is 2.12. The lowest BCUT2D eigenvalue weighted by Crippen LogP contribution is -1.89. The van der Waals surface area contributed by atoms with Gasteiger partial charge in [0.15, 0.2) is 0 Å². The Morgan fingerprint density at radius 2 is 2.00 bits per heavy atom. The van der Waals surface area contributed by atoms with Gasteiger partial charge in [0.05, 0.1) is 5.69 Å². The molecular weight excluding hydrogens is 266 g/mol. The monoisotopic (exact) mass is 283 g/mol. The van der Waals surface area contributed by atoms with Crippen LogP contribution in [0.5, 0.6) is 0 Å². The fourth-order valence-corrected chi connectivity index (χ4v) is 3.00. The molecule has 0 amide bonds. The fraction of sp³-hybridized carbons (Fsp3) is 0.188. The molecule has 0 radical (unpaired) electrons. The van der Waals surface area contributed by atoms with E-state index in [4.69, 9.17) is 5.73 Å². The summed E-state index contributed by atoms with van der Waals surface area (Å²) in [5.41, 5.74) is 11.1. The molecule has 0 spiro atoms. The van der Waals surface area contributed by atoms with E-state index in [0.29, 0.717) is 0 Å². The molecule has 0 aliphatic rings. The lowest BCUT2D eigenvalue weighted by Gasteiger charge is -2.03. The topological polar surface area (TPSA) is 43.3 Å². The number of aryl methyl sites for hydroxylation is 2. The van der Waals surface area contributed by atoms with Gasteiger partial charge in [0.2, 0.25) is 0 Å². The number of nitrogen functional groups attached to an aromatic ring is 1. The zero-order valence-corrected chi connectivity index (χ0v) is 12.4. The van der Waals surface area contributed by atoms with Gasteiger partial charge < -0.3 is 10.1 Å². The van der Waals surface area contributed by atoms with Crippen LogP contribution in [0.15, 0.2) is 47.6 Å². The van der Waals surface area contributed by atoms with Crippen molar-refractivity contribution in [3.05, 3.63) is 59.5 Å². The Labute approximate surface area is 122 Å². The molecule has 4 heteroatoms. The first-order valence-electron chi connectivity index (χ1n) is 6.55. The van der Waals surface area contributed by atoms with Crippen LogP contribution in [0, 0.1) is 13.8 Å². The Kier molecular flexibility index (Phi) is 3.40. The zero-order valence-electron chi connectivity index (χ0n) is 11.6. The number of imidazole rings is 1. The highest BCUT2D eigenvalue weighted by Gasteiger charge is 2.03. The molecule has 3 nitrogen and oxygen atoms in total.